The van der Waals surface area contributed by atoms with Gasteiger partial charge < -0.3 is 9.57 Å². The summed E-state index contributed by atoms with van der Waals surface area (Å²) in [5, 5.41) is 3.56. The van der Waals surface area contributed by atoms with E-state index >= 15 is 0 Å². The number of nitrogens with zero attached hydrogens (tertiary/aromatic N) is 2. The normalized spacial score (nSPS) is 19.3. The van der Waals surface area contributed by atoms with Crippen LogP contribution in [0, 0.1) is 0 Å². The van der Waals surface area contributed by atoms with Crippen molar-refractivity contribution in [2.24, 2.45) is 5.16 Å². The fourth-order valence-electron chi connectivity index (χ4n) is 2.19. The zero-order valence-electron chi connectivity index (χ0n) is 12.9. The Bertz CT molecular complexity index is 789. The average Bonchev–Trinajstić information content (AvgIpc) is 2.54. The van der Waals surface area contributed by atoms with E-state index in [9.17, 15) is 18.0 Å². The number of oxime groups is 1. The smallest absolute Gasteiger partial charge is 0.417 e. The Labute approximate surface area is 150 Å². The Morgan fingerprint density at radius 3 is 2.52 bits per heavy atom. The molecule has 1 aliphatic rings. The molecule has 0 aliphatic heterocycles. The van der Waals surface area contributed by atoms with Gasteiger partial charge in [-0.25, -0.2) is 4.79 Å². The summed E-state index contributed by atoms with van der Waals surface area (Å²) in [5.74, 6) is -1.62. The second kappa shape index (κ2) is 7.45. The van der Waals surface area contributed by atoms with E-state index in [1.54, 1.807) is 0 Å². The van der Waals surface area contributed by atoms with E-state index in [4.69, 9.17) is 28.0 Å². The molecule has 0 N–H and O–H groups in total. The molecule has 1 aromatic rings. The molecule has 10 heteroatoms. The molecule has 0 saturated carbocycles. The number of methoxy groups -OCH3 is 1. The minimum Gasteiger partial charge on any atom is -0.465 e. The van der Waals surface area contributed by atoms with Crippen LogP contribution >= 0.6 is 23.2 Å². The summed E-state index contributed by atoms with van der Waals surface area (Å²) >= 11 is 12.0. The molecule has 0 fully saturated rings. The number of rotatable bonds is 3. The molecule has 25 heavy (non-hydrogen) atoms. The molecule has 0 bridgehead atoms. The van der Waals surface area contributed by atoms with Crippen LogP contribution in [0.2, 0.25) is 5.02 Å². The molecule has 134 valence electrons. The second-order valence-electron chi connectivity index (χ2n) is 4.80. The van der Waals surface area contributed by atoms with E-state index < -0.39 is 23.6 Å². The van der Waals surface area contributed by atoms with Gasteiger partial charge in [0, 0.05) is 6.20 Å². The van der Waals surface area contributed by atoms with Crippen molar-refractivity contribution >= 4 is 34.9 Å². The van der Waals surface area contributed by atoms with Crippen molar-refractivity contribution in [2.45, 2.75) is 12.1 Å². The van der Waals surface area contributed by atoms with E-state index in [0.717, 1.165) is 13.2 Å². The van der Waals surface area contributed by atoms with E-state index in [-0.39, 0.29) is 27.0 Å². The molecule has 1 unspecified atom stereocenters. The lowest BCUT2D eigenvalue weighted by molar-refractivity contribution is -0.138. The predicted octanol–water partition coefficient (Wildman–Crippen LogP) is 4.08. The van der Waals surface area contributed by atoms with E-state index in [0.29, 0.717) is 6.20 Å². The van der Waals surface area contributed by atoms with Gasteiger partial charge in [0.15, 0.2) is 0 Å². The molecule has 0 amide bonds. The number of ether oxygens (including phenoxy) is 1. The van der Waals surface area contributed by atoms with Crippen molar-refractivity contribution in [1.29, 1.82) is 0 Å². The number of pyridine rings is 1. The Hall–Kier alpha value is -2.06. The number of hydrogen-bond acceptors (Lipinski definition) is 5. The number of allylic oxidation sites excluding steroid dienone is 3. The molecule has 1 aliphatic carbocycles. The van der Waals surface area contributed by atoms with Crippen molar-refractivity contribution in [2.75, 3.05) is 14.2 Å². The Kier molecular flexibility index (Phi) is 5.74. The largest absolute Gasteiger partial charge is 0.465 e. The van der Waals surface area contributed by atoms with Gasteiger partial charge in [0.1, 0.15) is 18.4 Å². The highest BCUT2D eigenvalue weighted by molar-refractivity contribution is 6.40. The van der Waals surface area contributed by atoms with Crippen LogP contribution in [-0.4, -0.2) is 30.9 Å². The van der Waals surface area contributed by atoms with Gasteiger partial charge in [-0.1, -0.05) is 34.4 Å². The van der Waals surface area contributed by atoms with Gasteiger partial charge in [-0.2, -0.15) is 13.2 Å². The lowest BCUT2D eigenvalue weighted by Gasteiger charge is -2.21. The Balaban J connectivity index is 2.54. The molecular formula is C15H11Cl2F3N2O3. The van der Waals surface area contributed by atoms with Gasteiger partial charge in [-0.05, 0) is 12.1 Å². The molecular weight excluding hydrogens is 384 g/mol. The van der Waals surface area contributed by atoms with Gasteiger partial charge in [0.05, 0.1) is 34.3 Å². The fraction of sp³-hybridized carbons (Fsp3) is 0.267. The van der Waals surface area contributed by atoms with Gasteiger partial charge in [-0.3, -0.25) is 4.98 Å². The molecule has 1 heterocycles. The highest BCUT2D eigenvalue weighted by Crippen LogP contribution is 2.37. The maximum atomic E-state index is 12.8. The monoisotopic (exact) mass is 394 g/mol. The summed E-state index contributed by atoms with van der Waals surface area (Å²) < 4.78 is 42.9. The highest BCUT2D eigenvalue weighted by atomic mass is 35.5. The van der Waals surface area contributed by atoms with Crippen LogP contribution in [-0.2, 0) is 20.5 Å². The number of halogens is 5. The zero-order chi connectivity index (χ0) is 18.8. The van der Waals surface area contributed by atoms with Gasteiger partial charge in [-0.15, -0.1) is 0 Å². The van der Waals surface area contributed by atoms with Crippen molar-refractivity contribution in [3.05, 3.63) is 51.3 Å². The van der Waals surface area contributed by atoms with E-state index in [1.165, 1.54) is 19.3 Å². The number of aromatic nitrogens is 1. The van der Waals surface area contributed by atoms with Gasteiger partial charge >= 0.3 is 12.1 Å². The second-order valence-corrected chi connectivity index (χ2v) is 5.61. The van der Waals surface area contributed by atoms with E-state index in [2.05, 4.69) is 14.9 Å². The average molecular weight is 395 g/mol. The molecule has 0 radical (unpaired) electrons. The summed E-state index contributed by atoms with van der Waals surface area (Å²) in [6, 6.07) is 0.750. The molecule has 1 atom stereocenters. The van der Waals surface area contributed by atoms with Crippen LogP contribution < -0.4 is 0 Å². The third kappa shape index (κ3) is 3.96. The first-order chi connectivity index (χ1) is 11.7. The number of alkyl halides is 3. The maximum Gasteiger partial charge on any atom is 0.417 e. The summed E-state index contributed by atoms with van der Waals surface area (Å²) in [6.07, 6.45) is -1.05. The minimum absolute atomic E-state index is 0.0241. The van der Waals surface area contributed by atoms with Gasteiger partial charge in [0.25, 0.3) is 0 Å². The van der Waals surface area contributed by atoms with Crippen molar-refractivity contribution in [3.63, 3.8) is 0 Å². The molecule has 2 rings (SSSR count). The Morgan fingerprint density at radius 1 is 1.32 bits per heavy atom. The molecule has 0 aromatic carbocycles. The fourth-order valence-corrected chi connectivity index (χ4v) is 2.72. The van der Waals surface area contributed by atoms with Crippen molar-refractivity contribution in [1.82, 2.24) is 4.98 Å². The number of esters is 1. The standard InChI is InChI=1S/C15H11Cl2F3N2O3/c1-24-14(23)11-9(16)4-3-8(13(11)22-25-2)12-10(17)5-7(6-21-12)15(18,19)20/h3-6,8H,1-2H3. The quantitative estimate of drug-likeness (QED) is 0.572. The number of carbonyl (C=O) groups is 1. The highest BCUT2D eigenvalue weighted by Gasteiger charge is 2.35. The lowest BCUT2D eigenvalue weighted by Crippen LogP contribution is -2.25. The van der Waals surface area contributed by atoms with Crippen LogP contribution in [0.3, 0.4) is 0 Å². The molecule has 5 nitrogen and oxygen atoms in total. The number of hydrogen-bond donors (Lipinski definition) is 0. The topological polar surface area (TPSA) is 60.8 Å². The molecule has 0 saturated heterocycles. The summed E-state index contributed by atoms with van der Waals surface area (Å²) in [5.41, 5.74) is -0.993. The summed E-state index contributed by atoms with van der Waals surface area (Å²) in [6.45, 7) is 0. The third-order valence-corrected chi connectivity index (χ3v) is 3.91. The van der Waals surface area contributed by atoms with Crippen LogP contribution in [0.5, 0.6) is 0 Å². The Morgan fingerprint density at radius 2 is 2.00 bits per heavy atom. The van der Waals surface area contributed by atoms with Crippen LogP contribution in [0.1, 0.15) is 17.2 Å². The van der Waals surface area contributed by atoms with E-state index in [1.807, 2.05) is 0 Å². The first-order valence-electron chi connectivity index (χ1n) is 6.71. The molecule has 0 spiro atoms. The first kappa shape index (κ1) is 19.3. The van der Waals surface area contributed by atoms with Crippen molar-refractivity contribution < 1.29 is 27.5 Å². The minimum atomic E-state index is -4.58. The lowest BCUT2D eigenvalue weighted by atomic mass is 9.88. The summed E-state index contributed by atoms with van der Waals surface area (Å²) in [4.78, 5) is 20.5. The maximum absolute atomic E-state index is 12.8. The van der Waals surface area contributed by atoms with Crippen molar-refractivity contribution in [3.8, 4) is 0 Å². The summed E-state index contributed by atoms with van der Waals surface area (Å²) in [7, 11) is 2.40. The SMILES string of the molecule is CON=C1C(C(=O)OC)=C(Cl)C=CC1c1ncc(C(F)(F)F)cc1Cl. The number of carbonyl (C=O) groups excluding carboxylic acids is 1. The molecule has 1 aromatic heterocycles. The van der Waals surface area contributed by atoms with Crippen LogP contribution in [0.4, 0.5) is 13.2 Å². The van der Waals surface area contributed by atoms with Crippen LogP contribution in [0.15, 0.2) is 40.2 Å². The zero-order valence-corrected chi connectivity index (χ0v) is 14.4. The first-order valence-corrected chi connectivity index (χ1v) is 7.46. The van der Waals surface area contributed by atoms with Crippen LogP contribution in [0.25, 0.3) is 0 Å². The third-order valence-electron chi connectivity index (χ3n) is 3.30. The predicted molar refractivity (Wildman–Crippen MR) is 85.5 cm³/mol. The van der Waals surface area contributed by atoms with Gasteiger partial charge in [0.2, 0.25) is 0 Å².